The lowest BCUT2D eigenvalue weighted by Gasteiger charge is -2.20. The van der Waals surface area contributed by atoms with Crippen LogP contribution in [0.2, 0.25) is 0 Å². The van der Waals surface area contributed by atoms with Crippen molar-refractivity contribution in [3.8, 4) is 17.1 Å². The van der Waals surface area contributed by atoms with E-state index in [1.807, 2.05) is 37.5 Å². The third kappa shape index (κ3) is 3.21. The monoisotopic (exact) mass is 446 g/mol. The summed E-state index contributed by atoms with van der Waals surface area (Å²) in [4.78, 5) is 33.7. The first-order chi connectivity index (χ1) is 15.9. The van der Waals surface area contributed by atoms with Gasteiger partial charge in [0.15, 0.2) is 0 Å². The minimum atomic E-state index is -0.171. The summed E-state index contributed by atoms with van der Waals surface area (Å²) in [5.41, 5.74) is 5.01. The second-order valence-corrected chi connectivity index (χ2v) is 9.26. The maximum absolute atomic E-state index is 12.4. The molecular weight excluding hydrogens is 420 g/mol. The summed E-state index contributed by atoms with van der Waals surface area (Å²) in [6.07, 6.45) is 4.42. The van der Waals surface area contributed by atoms with Gasteiger partial charge in [0.2, 0.25) is 11.8 Å². The van der Waals surface area contributed by atoms with Gasteiger partial charge in [0.25, 0.3) is 0 Å². The fraction of sp³-hybridized carbons (Fsp3) is 0.417. The van der Waals surface area contributed by atoms with Crippen molar-refractivity contribution in [1.82, 2.24) is 29.0 Å². The van der Waals surface area contributed by atoms with Crippen LogP contribution in [-0.4, -0.2) is 42.2 Å². The molecule has 1 saturated heterocycles. The Bertz CT molecular complexity index is 1480. The molecule has 1 aliphatic carbocycles. The van der Waals surface area contributed by atoms with Gasteiger partial charge < -0.3 is 14.6 Å². The molecule has 1 saturated carbocycles. The van der Waals surface area contributed by atoms with Crippen LogP contribution in [0.15, 0.2) is 35.4 Å². The lowest BCUT2D eigenvalue weighted by molar-refractivity contribution is -0.119. The summed E-state index contributed by atoms with van der Waals surface area (Å²) >= 11 is 0. The number of hydrogen-bond acceptors (Lipinski definition) is 5. The van der Waals surface area contributed by atoms with E-state index in [9.17, 15) is 9.59 Å². The molecule has 2 aliphatic rings. The molecule has 1 unspecified atom stereocenters. The molecule has 2 atom stereocenters. The second kappa shape index (κ2) is 7.19. The van der Waals surface area contributed by atoms with Crippen LogP contribution in [0, 0.1) is 5.92 Å². The topological polar surface area (TPSA) is 96.0 Å². The number of nitrogens with one attached hydrogen (secondary N) is 1. The molecule has 2 fully saturated rings. The lowest BCUT2D eigenvalue weighted by atomic mass is 10.0. The summed E-state index contributed by atoms with van der Waals surface area (Å²) in [5.74, 6) is 0.707. The Labute approximate surface area is 190 Å². The number of ether oxygens (including phenoxy) is 1. The molecular formula is C24H26N6O3. The molecule has 1 aliphatic heterocycles. The molecule has 4 heterocycles. The predicted molar refractivity (Wildman–Crippen MR) is 124 cm³/mol. The number of amides is 1. The third-order valence-electron chi connectivity index (χ3n) is 7.00. The van der Waals surface area contributed by atoms with Crippen LogP contribution < -0.4 is 15.7 Å². The van der Waals surface area contributed by atoms with Crippen molar-refractivity contribution in [1.29, 1.82) is 0 Å². The lowest BCUT2D eigenvalue weighted by Crippen LogP contribution is -2.26. The van der Waals surface area contributed by atoms with Crippen molar-refractivity contribution in [3.05, 3.63) is 41.1 Å². The zero-order chi connectivity index (χ0) is 22.9. The fourth-order valence-electron chi connectivity index (χ4n) is 4.78. The number of nitrogens with zero attached hydrogens (tertiary/aromatic N) is 5. The van der Waals surface area contributed by atoms with Gasteiger partial charge in [0.05, 0.1) is 28.6 Å². The van der Waals surface area contributed by atoms with Crippen molar-refractivity contribution in [2.24, 2.45) is 20.0 Å². The Kier molecular flexibility index (Phi) is 4.36. The first-order valence-electron chi connectivity index (χ1n) is 11.4. The Morgan fingerprint density at radius 3 is 2.64 bits per heavy atom. The Morgan fingerprint density at radius 1 is 1.12 bits per heavy atom. The average molecular weight is 447 g/mol. The van der Waals surface area contributed by atoms with Crippen LogP contribution in [0.4, 0.5) is 0 Å². The number of benzene rings is 1. The number of aryl methyl sites for hydroxylation is 2. The third-order valence-corrected chi connectivity index (χ3v) is 7.00. The minimum absolute atomic E-state index is 0.0621. The summed E-state index contributed by atoms with van der Waals surface area (Å²) in [5, 5.41) is 2.89. The van der Waals surface area contributed by atoms with Crippen LogP contribution in [0.3, 0.4) is 0 Å². The largest absolute Gasteiger partial charge is 0.473 e. The maximum Gasteiger partial charge on any atom is 0.328 e. The van der Waals surface area contributed by atoms with Crippen LogP contribution in [0.1, 0.15) is 32.2 Å². The van der Waals surface area contributed by atoms with Gasteiger partial charge in [-0.1, -0.05) is 6.07 Å². The molecule has 1 N–H and O–H groups in total. The SMILES string of the molecule is CC(Oc1nc(-c2ccc3c(c2)n(C)c(=O)n3C)cc2ncn(C3CC3)c12)[C@H]1CNC(=O)C1. The quantitative estimate of drug-likeness (QED) is 0.508. The molecule has 6 rings (SSSR count). The highest BCUT2D eigenvalue weighted by atomic mass is 16.5. The van der Waals surface area contributed by atoms with Gasteiger partial charge in [-0.3, -0.25) is 13.9 Å². The molecule has 1 aromatic carbocycles. The summed E-state index contributed by atoms with van der Waals surface area (Å²) in [6, 6.07) is 8.31. The van der Waals surface area contributed by atoms with Crippen LogP contribution in [-0.2, 0) is 18.9 Å². The van der Waals surface area contributed by atoms with E-state index in [2.05, 4.69) is 14.9 Å². The Morgan fingerprint density at radius 2 is 1.91 bits per heavy atom. The number of rotatable bonds is 5. The van der Waals surface area contributed by atoms with Crippen LogP contribution in [0.25, 0.3) is 33.3 Å². The summed E-state index contributed by atoms with van der Waals surface area (Å²) in [7, 11) is 3.55. The maximum atomic E-state index is 12.4. The molecule has 1 amide bonds. The van der Waals surface area contributed by atoms with E-state index in [0.717, 1.165) is 46.2 Å². The van der Waals surface area contributed by atoms with Crippen molar-refractivity contribution < 1.29 is 9.53 Å². The molecule has 9 nitrogen and oxygen atoms in total. The number of carbonyl (C=O) groups is 1. The van der Waals surface area contributed by atoms with Gasteiger partial charge in [-0.05, 0) is 38.0 Å². The first-order valence-corrected chi connectivity index (χ1v) is 11.4. The number of carbonyl (C=O) groups excluding carboxylic acids is 1. The summed E-state index contributed by atoms with van der Waals surface area (Å²) < 4.78 is 11.9. The van der Waals surface area contributed by atoms with Crippen molar-refractivity contribution in [2.45, 2.75) is 38.3 Å². The molecule has 9 heteroatoms. The number of hydrogen-bond donors (Lipinski definition) is 1. The molecule has 3 aromatic heterocycles. The highest BCUT2D eigenvalue weighted by Crippen LogP contribution is 2.40. The van der Waals surface area contributed by atoms with Gasteiger partial charge in [-0.25, -0.2) is 14.8 Å². The Hall–Kier alpha value is -3.62. The molecule has 33 heavy (non-hydrogen) atoms. The first kappa shape index (κ1) is 20.0. The van der Waals surface area contributed by atoms with Crippen molar-refractivity contribution in [3.63, 3.8) is 0 Å². The van der Waals surface area contributed by atoms with Crippen LogP contribution in [0.5, 0.6) is 5.88 Å². The zero-order valence-corrected chi connectivity index (χ0v) is 18.9. The minimum Gasteiger partial charge on any atom is -0.473 e. The second-order valence-electron chi connectivity index (χ2n) is 9.26. The molecule has 170 valence electrons. The van der Waals surface area contributed by atoms with E-state index in [-0.39, 0.29) is 23.6 Å². The molecule has 0 radical (unpaired) electrons. The average Bonchev–Trinajstić information content (AvgIpc) is 3.35. The normalized spacial score (nSPS) is 19.4. The Balaban J connectivity index is 1.47. The fourth-order valence-corrected chi connectivity index (χ4v) is 4.78. The van der Waals surface area contributed by atoms with E-state index < -0.39 is 0 Å². The highest BCUT2D eigenvalue weighted by Gasteiger charge is 2.31. The van der Waals surface area contributed by atoms with E-state index in [1.165, 1.54) is 0 Å². The zero-order valence-electron chi connectivity index (χ0n) is 18.9. The smallest absolute Gasteiger partial charge is 0.328 e. The van der Waals surface area contributed by atoms with E-state index in [1.54, 1.807) is 23.2 Å². The predicted octanol–water partition coefficient (Wildman–Crippen LogP) is 2.53. The number of aromatic nitrogens is 5. The van der Waals surface area contributed by atoms with E-state index >= 15 is 0 Å². The van der Waals surface area contributed by atoms with Gasteiger partial charge in [-0.15, -0.1) is 0 Å². The standard InChI is InChI=1S/C24H26N6O3/c1-13(15-9-21(31)25-11-15)33-23-22-18(26-12-30(22)16-5-6-16)10-17(27-23)14-4-7-19-20(8-14)29(3)24(32)28(19)2/h4,7-8,10,12-13,15-16H,5-6,9,11H2,1-3H3,(H,25,31)/t13?,15-/m1/s1. The van der Waals surface area contributed by atoms with Crippen LogP contribution >= 0.6 is 0 Å². The number of pyridine rings is 1. The highest BCUT2D eigenvalue weighted by molar-refractivity contribution is 5.87. The van der Waals surface area contributed by atoms with Gasteiger partial charge in [0, 0.05) is 44.6 Å². The van der Waals surface area contributed by atoms with Gasteiger partial charge in [-0.2, -0.15) is 0 Å². The van der Waals surface area contributed by atoms with E-state index in [0.29, 0.717) is 24.9 Å². The van der Waals surface area contributed by atoms with Crippen molar-refractivity contribution in [2.75, 3.05) is 6.54 Å². The van der Waals surface area contributed by atoms with E-state index in [4.69, 9.17) is 9.72 Å². The van der Waals surface area contributed by atoms with Gasteiger partial charge >= 0.3 is 5.69 Å². The summed E-state index contributed by atoms with van der Waals surface area (Å²) in [6.45, 7) is 2.61. The molecule has 0 bridgehead atoms. The van der Waals surface area contributed by atoms with Crippen molar-refractivity contribution >= 4 is 28.0 Å². The van der Waals surface area contributed by atoms with Gasteiger partial charge in [0.1, 0.15) is 11.6 Å². The number of imidazole rings is 2. The molecule has 4 aromatic rings. The molecule has 0 spiro atoms. The number of fused-ring (bicyclic) bond motifs is 2.